The van der Waals surface area contributed by atoms with Crippen LogP contribution in [-0.2, 0) is 11.2 Å². The predicted molar refractivity (Wildman–Crippen MR) is 105 cm³/mol. The molecule has 0 radical (unpaired) electrons. The number of amides is 1. The number of halogens is 2. The van der Waals surface area contributed by atoms with Crippen molar-refractivity contribution in [2.45, 2.75) is 13.3 Å². The van der Waals surface area contributed by atoms with E-state index in [4.69, 9.17) is 23.2 Å². The van der Waals surface area contributed by atoms with Crippen molar-refractivity contribution >= 4 is 40.5 Å². The first-order valence-electron chi connectivity index (χ1n) is 8.34. The van der Waals surface area contributed by atoms with E-state index in [-0.39, 0.29) is 19.1 Å². The molecule has 0 saturated carbocycles. The van der Waals surface area contributed by atoms with Gasteiger partial charge in [0.15, 0.2) is 0 Å². The molecule has 0 atom stereocenters. The molecule has 0 aliphatic heterocycles. The van der Waals surface area contributed by atoms with Crippen molar-refractivity contribution < 1.29 is 15.0 Å². The summed E-state index contributed by atoms with van der Waals surface area (Å²) in [5.74, 6) is -0.227. The van der Waals surface area contributed by atoms with E-state index < -0.39 is 0 Å². The second-order valence-electron chi connectivity index (χ2n) is 6.21. The molecule has 0 aromatic heterocycles. The Morgan fingerprint density at radius 3 is 2.46 bits per heavy atom. The number of nitrogens with one attached hydrogen (secondary N) is 1. The molecule has 1 aliphatic rings. The number of hydrogen-bond donors (Lipinski definition) is 3. The highest BCUT2D eigenvalue weighted by molar-refractivity contribution is 6.41. The fourth-order valence-corrected chi connectivity index (χ4v) is 3.97. The summed E-state index contributed by atoms with van der Waals surface area (Å²) in [6, 6.07) is 7.84. The molecule has 7 heteroatoms. The van der Waals surface area contributed by atoms with E-state index >= 15 is 0 Å². The Morgan fingerprint density at radius 2 is 1.85 bits per heavy atom. The standard InChI is InChI=1S/C19H20Cl2N2O3/c1-11(26)22-19-17(20)10-15-14-3-2-13(23(4-6-24)5-7-25)8-12(14)9-16(15)18(19)21/h2-3,8,10,24-25H,4-7,9H2,1H3,(H,22,26). The van der Waals surface area contributed by atoms with Gasteiger partial charge in [0.1, 0.15) is 0 Å². The molecule has 0 bridgehead atoms. The summed E-state index contributed by atoms with van der Waals surface area (Å²) in [6.45, 7) is 2.34. The molecular formula is C19H20Cl2N2O3. The average Bonchev–Trinajstić information content (AvgIpc) is 2.96. The lowest BCUT2D eigenvalue weighted by Gasteiger charge is -2.23. The second kappa shape index (κ2) is 7.84. The van der Waals surface area contributed by atoms with Crippen molar-refractivity contribution in [2.24, 2.45) is 0 Å². The van der Waals surface area contributed by atoms with Crippen molar-refractivity contribution in [1.29, 1.82) is 0 Å². The highest BCUT2D eigenvalue weighted by Crippen LogP contribution is 2.46. The lowest BCUT2D eigenvalue weighted by atomic mass is 10.0. The summed E-state index contributed by atoms with van der Waals surface area (Å²) in [4.78, 5) is 13.3. The van der Waals surface area contributed by atoms with E-state index in [1.54, 1.807) is 0 Å². The molecule has 5 nitrogen and oxygen atoms in total. The van der Waals surface area contributed by atoms with Crippen molar-refractivity contribution in [2.75, 3.05) is 36.5 Å². The van der Waals surface area contributed by atoms with Crippen LogP contribution in [0.15, 0.2) is 24.3 Å². The lowest BCUT2D eigenvalue weighted by Crippen LogP contribution is -2.29. The number of hydrogen-bond acceptors (Lipinski definition) is 4. The molecule has 138 valence electrons. The Kier molecular flexibility index (Phi) is 5.73. The third kappa shape index (κ3) is 3.53. The number of benzene rings is 2. The van der Waals surface area contributed by atoms with Crippen LogP contribution < -0.4 is 10.2 Å². The van der Waals surface area contributed by atoms with Gasteiger partial charge in [0.05, 0.1) is 28.9 Å². The van der Waals surface area contributed by atoms with E-state index in [1.807, 2.05) is 29.2 Å². The molecule has 3 rings (SSSR count). The van der Waals surface area contributed by atoms with Crippen molar-refractivity contribution in [3.05, 3.63) is 45.4 Å². The summed E-state index contributed by atoms with van der Waals surface area (Å²) in [5.41, 5.74) is 5.42. The first-order valence-corrected chi connectivity index (χ1v) is 9.10. The zero-order chi connectivity index (χ0) is 18.8. The summed E-state index contributed by atoms with van der Waals surface area (Å²) in [6.07, 6.45) is 0.632. The van der Waals surface area contributed by atoms with Crippen LogP contribution in [0.3, 0.4) is 0 Å². The van der Waals surface area contributed by atoms with Crippen molar-refractivity contribution in [3.8, 4) is 11.1 Å². The van der Waals surface area contributed by atoms with Gasteiger partial charge in [-0.1, -0.05) is 29.3 Å². The minimum Gasteiger partial charge on any atom is -0.395 e. The number of carbonyl (C=O) groups is 1. The zero-order valence-electron chi connectivity index (χ0n) is 14.4. The van der Waals surface area contributed by atoms with Gasteiger partial charge in [0.2, 0.25) is 5.91 Å². The van der Waals surface area contributed by atoms with Crippen LogP contribution in [0.5, 0.6) is 0 Å². The van der Waals surface area contributed by atoms with E-state index in [1.165, 1.54) is 6.92 Å². The van der Waals surface area contributed by atoms with Crippen molar-refractivity contribution in [1.82, 2.24) is 0 Å². The van der Waals surface area contributed by atoms with Gasteiger partial charge in [-0.25, -0.2) is 0 Å². The monoisotopic (exact) mass is 394 g/mol. The zero-order valence-corrected chi connectivity index (χ0v) is 15.9. The number of rotatable bonds is 6. The van der Waals surface area contributed by atoms with Gasteiger partial charge in [0.25, 0.3) is 0 Å². The van der Waals surface area contributed by atoms with Crippen LogP contribution in [0.25, 0.3) is 11.1 Å². The molecule has 0 saturated heterocycles. The SMILES string of the molecule is CC(=O)Nc1c(Cl)cc2c(c1Cl)Cc1cc(N(CCO)CCO)ccc1-2. The molecule has 2 aromatic rings. The van der Waals surface area contributed by atoms with Gasteiger partial charge in [0, 0.05) is 32.1 Å². The van der Waals surface area contributed by atoms with E-state index in [0.717, 1.165) is 27.9 Å². The molecule has 1 aliphatic carbocycles. The minimum absolute atomic E-state index is 0.0127. The minimum atomic E-state index is -0.227. The van der Waals surface area contributed by atoms with Crippen LogP contribution in [0.1, 0.15) is 18.1 Å². The number of fused-ring (bicyclic) bond motifs is 3. The first-order chi connectivity index (χ1) is 12.5. The molecule has 0 heterocycles. The number of carbonyl (C=O) groups excluding carboxylic acids is 1. The normalized spacial score (nSPS) is 11.9. The maximum Gasteiger partial charge on any atom is 0.221 e. The molecule has 3 N–H and O–H groups in total. The third-order valence-electron chi connectivity index (χ3n) is 4.47. The fraction of sp³-hybridized carbons (Fsp3) is 0.316. The maximum absolute atomic E-state index is 11.4. The summed E-state index contributed by atoms with van der Waals surface area (Å²) in [7, 11) is 0. The van der Waals surface area contributed by atoms with Crippen LogP contribution in [0.2, 0.25) is 10.0 Å². The molecule has 1 amide bonds. The third-order valence-corrected chi connectivity index (χ3v) is 5.19. The average molecular weight is 395 g/mol. The van der Waals surface area contributed by atoms with Crippen molar-refractivity contribution in [3.63, 3.8) is 0 Å². The smallest absolute Gasteiger partial charge is 0.221 e. The van der Waals surface area contributed by atoms with Gasteiger partial charge >= 0.3 is 0 Å². The first kappa shape index (κ1) is 19.0. The molecule has 2 aromatic carbocycles. The highest BCUT2D eigenvalue weighted by atomic mass is 35.5. The Balaban J connectivity index is 2.00. The summed E-state index contributed by atoms with van der Waals surface area (Å²) < 4.78 is 0. The fourth-order valence-electron chi connectivity index (χ4n) is 3.35. The highest BCUT2D eigenvalue weighted by Gasteiger charge is 2.25. The van der Waals surface area contributed by atoms with E-state index in [9.17, 15) is 15.0 Å². The van der Waals surface area contributed by atoms with Gasteiger partial charge in [-0.05, 0) is 40.5 Å². The van der Waals surface area contributed by atoms with Gasteiger partial charge in [-0.15, -0.1) is 0 Å². The Morgan fingerprint density at radius 1 is 1.15 bits per heavy atom. The topological polar surface area (TPSA) is 72.8 Å². The number of aliphatic hydroxyl groups excluding tert-OH is 2. The van der Waals surface area contributed by atoms with Gasteiger partial charge < -0.3 is 20.4 Å². The number of anilines is 2. The van der Waals surface area contributed by atoms with Gasteiger partial charge in [-0.2, -0.15) is 0 Å². The van der Waals surface area contributed by atoms with E-state index in [2.05, 4.69) is 5.32 Å². The Bertz CT molecular complexity index is 849. The van der Waals surface area contributed by atoms with Crippen LogP contribution in [0.4, 0.5) is 11.4 Å². The Labute approximate surface area is 162 Å². The summed E-state index contributed by atoms with van der Waals surface area (Å²) >= 11 is 12.8. The van der Waals surface area contributed by atoms with Crippen LogP contribution in [-0.4, -0.2) is 42.4 Å². The molecule has 0 unspecified atom stereocenters. The maximum atomic E-state index is 11.4. The Hall–Kier alpha value is -1.79. The number of aliphatic hydroxyl groups is 2. The van der Waals surface area contributed by atoms with Crippen LogP contribution >= 0.6 is 23.2 Å². The summed E-state index contributed by atoms with van der Waals surface area (Å²) in [5, 5.41) is 22.0. The molecular weight excluding hydrogens is 375 g/mol. The second-order valence-corrected chi connectivity index (χ2v) is 6.99. The lowest BCUT2D eigenvalue weighted by molar-refractivity contribution is -0.114. The molecule has 0 fully saturated rings. The molecule has 0 spiro atoms. The largest absolute Gasteiger partial charge is 0.395 e. The molecule has 26 heavy (non-hydrogen) atoms. The van der Waals surface area contributed by atoms with E-state index in [0.29, 0.717) is 35.2 Å². The quantitative estimate of drug-likeness (QED) is 0.599. The van der Waals surface area contributed by atoms with Crippen LogP contribution in [0, 0.1) is 0 Å². The van der Waals surface area contributed by atoms with Gasteiger partial charge in [-0.3, -0.25) is 4.79 Å². The number of nitrogens with zero attached hydrogens (tertiary/aromatic N) is 1. The predicted octanol–water partition coefficient (Wildman–Crippen LogP) is 3.31.